The number of ether oxygens (including phenoxy) is 2. The number of hydrogen-bond acceptors (Lipinski definition) is 6. The molecule has 0 N–H and O–H groups in total. The van der Waals surface area contributed by atoms with Gasteiger partial charge in [0, 0.05) is 11.1 Å². The predicted octanol–water partition coefficient (Wildman–Crippen LogP) is 4.96. The summed E-state index contributed by atoms with van der Waals surface area (Å²) in [6.07, 6.45) is 1.87. The monoisotopic (exact) mass is 377 g/mol. The Kier molecular flexibility index (Phi) is 3.58. The Morgan fingerprint density at radius 2 is 1.62 bits per heavy atom. The van der Waals surface area contributed by atoms with Gasteiger partial charge in [0.25, 0.3) is 0 Å². The molecular weight excluding hydrogens is 366 g/mol. The number of allylic oxidation sites excluding steroid dienone is 2. The van der Waals surface area contributed by atoms with E-state index < -0.39 is 5.97 Å². The third kappa shape index (κ3) is 2.51. The van der Waals surface area contributed by atoms with Crippen LogP contribution in [0.4, 0.5) is 0 Å². The minimum absolute atomic E-state index is 0.304. The van der Waals surface area contributed by atoms with E-state index in [0.717, 1.165) is 15.3 Å². The molecule has 0 fully saturated rings. The van der Waals surface area contributed by atoms with Gasteiger partial charge >= 0.3 is 5.97 Å². The topological polar surface area (TPSA) is 47.9 Å². The molecule has 0 atom stereocenters. The zero-order valence-electron chi connectivity index (χ0n) is 13.3. The third-order valence-electron chi connectivity index (χ3n) is 4.02. The lowest BCUT2D eigenvalue weighted by atomic mass is 9.99. The van der Waals surface area contributed by atoms with Crippen molar-refractivity contribution in [1.29, 1.82) is 0 Å². The molecular formula is C20H11NO3S2. The molecule has 4 nitrogen and oxygen atoms in total. The summed E-state index contributed by atoms with van der Waals surface area (Å²) in [5.74, 6) is 1.31. The molecule has 3 aromatic rings. The van der Waals surface area contributed by atoms with E-state index in [0.29, 0.717) is 28.7 Å². The molecule has 0 amide bonds. The van der Waals surface area contributed by atoms with E-state index in [2.05, 4.69) is 4.99 Å². The summed E-state index contributed by atoms with van der Waals surface area (Å²) < 4.78 is 11.4. The van der Waals surface area contributed by atoms with Gasteiger partial charge in [-0.15, -0.1) is 22.7 Å². The van der Waals surface area contributed by atoms with Crippen molar-refractivity contribution in [2.24, 2.45) is 4.99 Å². The number of carbonyl (C=O) groups excluding carboxylic acids is 1. The van der Waals surface area contributed by atoms with Crippen LogP contribution in [0.3, 0.4) is 0 Å². The maximum Gasteiger partial charge on any atom is 0.364 e. The highest BCUT2D eigenvalue weighted by molar-refractivity contribution is 7.12. The van der Waals surface area contributed by atoms with Crippen molar-refractivity contribution in [2.45, 2.75) is 0 Å². The molecule has 5 rings (SSSR count). The molecule has 2 aliphatic heterocycles. The molecule has 0 saturated heterocycles. The highest BCUT2D eigenvalue weighted by atomic mass is 32.1. The second kappa shape index (κ2) is 6.09. The number of carbonyl (C=O) groups is 1. The van der Waals surface area contributed by atoms with Crippen molar-refractivity contribution in [3.63, 3.8) is 0 Å². The molecule has 6 heteroatoms. The number of thiophene rings is 2. The largest absolute Gasteiger partial charge is 0.455 e. The highest BCUT2D eigenvalue weighted by Crippen LogP contribution is 2.40. The standard InChI is InChI=1S/C20H11NO3S2/c22-20-18(21-19(24-20)17-8-4-10-26-17)13-11-15(16-7-3-9-25-16)23-14-6-2-1-5-12(13)14/h1-11H. The minimum atomic E-state index is -0.443. The maximum atomic E-state index is 12.5. The summed E-state index contributed by atoms with van der Waals surface area (Å²) in [6, 6.07) is 15.4. The number of fused-ring (bicyclic) bond motifs is 1. The van der Waals surface area contributed by atoms with Crippen LogP contribution in [-0.4, -0.2) is 11.9 Å². The first kappa shape index (κ1) is 15.3. The van der Waals surface area contributed by atoms with Crippen molar-refractivity contribution >= 4 is 45.9 Å². The maximum absolute atomic E-state index is 12.5. The van der Waals surface area contributed by atoms with Crippen molar-refractivity contribution < 1.29 is 14.3 Å². The number of esters is 1. The van der Waals surface area contributed by atoms with Crippen LogP contribution in [0.5, 0.6) is 5.75 Å². The van der Waals surface area contributed by atoms with E-state index in [4.69, 9.17) is 9.47 Å². The predicted molar refractivity (Wildman–Crippen MR) is 103 cm³/mol. The zero-order valence-corrected chi connectivity index (χ0v) is 15.0. The summed E-state index contributed by atoms with van der Waals surface area (Å²) in [5.41, 5.74) is 1.85. The normalized spacial score (nSPS) is 18.7. The zero-order chi connectivity index (χ0) is 17.5. The van der Waals surface area contributed by atoms with Gasteiger partial charge in [-0.05, 0) is 35.0 Å². The van der Waals surface area contributed by atoms with Gasteiger partial charge in [0.15, 0.2) is 5.70 Å². The highest BCUT2D eigenvalue weighted by Gasteiger charge is 2.31. The van der Waals surface area contributed by atoms with Gasteiger partial charge in [-0.3, -0.25) is 0 Å². The SMILES string of the molecule is O=C1OC(c2cccs2)=NC1=C1C=C(c2cccs2)Oc2ccccc21. The van der Waals surface area contributed by atoms with Gasteiger partial charge in [-0.1, -0.05) is 30.3 Å². The van der Waals surface area contributed by atoms with E-state index in [1.54, 1.807) is 11.3 Å². The fraction of sp³-hybridized carbons (Fsp3) is 0. The van der Waals surface area contributed by atoms with E-state index in [-0.39, 0.29) is 0 Å². The number of rotatable bonds is 2. The van der Waals surface area contributed by atoms with Crippen LogP contribution in [0.25, 0.3) is 11.3 Å². The van der Waals surface area contributed by atoms with Gasteiger partial charge in [-0.25, -0.2) is 9.79 Å². The second-order valence-electron chi connectivity index (χ2n) is 5.63. The lowest BCUT2D eigenvalue weighted by Gasteiger charge is -2.19. The Morgan fingerprint density at radius 3 is 2.38 bits per heavy atom. The quantitative estimate of drug-likeness (QED) is 0.469. The molecule has 0 unspecified atom stereocenters. The summed E-state index contributed by atoms with van der Waals surface area (Å²) in [5, 5.41) is 3.92. The lowest BCUT2D eigenvalue weighted by molar-refractivity contribution is -0.129. The van der Waals surface area contributed by atoms with Gasteiger partial charge in [-0.2, -0.15) is 0 Å². The average Bonchev–Trinajstić information content (AvgIpc) is 3.42. The fourth-order valence-electron chi connectivity index (χ4n) is 2.85. The molecule has 0 bridgehead atoms. The first-order valence-electron chi connectivity index (χ1n) is 7.91. The summed E-state index contributed by atoms with van der Waals surface area (Å²) in [7, 11) is 0. The van der Waals surface area contributed by atoms with E-state index in [1.807, 2.05) is 65.4 Å². The summed E-state index contributed by atoms with van der Waals surface area (Å²) in [6.45, 7) is 0. The first-order valence-corrected chi connectivity index (χ1v) is 9.67. The number of benzene rings is 1. The smallest absolute Gasteiger partial charge is 0.364 e. The fourth-order valence-corrected chi connectivity index (χ4v) is 4.18. The van der Waals surface area contributed by atoms with Gasteiger partial charge in [0.05, 0.1) is 9.75 Å². The Hall–Kier alpha value is -2.96. The van der Waals surface area contributed by atoms with Crippen molar-refractivity contribution in [2.75, 3.05) is 0 Å². The van der Waals surface area contributed by atoms with Gasteiger partial charge in [0.2, 0.25) is 5.90 Å². The minimum Gasteiger partial charge on any atom is -0.455 e. The average molecular weight is 377 g/mol. The molecule has 1 aromatic carbocycles. The van der Waals surface area contributed by atoms with Crippen LogP contribution in [-0.2, 0) is 9.53 Å². The third-order valence-corrected chi connectivity index (χ3v) is 5.76. The molecule has 26 heavy (non-hydrogen) atoms. The Morgan fingerprint density at radius 1 is 0.846 bits per heavy atom. The first-order chi connectivity index (χ1) is 12.8. The molecule has 126 valence electrons. The van der Waals surface area contributed by atoms with Crippen molar-refractivity contribution in [3.05, 3.63) is 86.4 Å². The summed E-state index contributed by atoms with van der Waals surface area (Å²) in [4.78, 5) is 18.8. The molecule has 0 saturated carbocycles. The molecule has 2 aliphatic rings. The number of para-hydroxylation sites is 1. The molecule has 0 spiro atoms. The Labute approximate surface area is 157 Å². The summed E-state index contributed by atoms with van der Waals surface area (Å²) >= 11 is 3.07. The van der Waals surface area contributed by atoms with Crippen LogP contribution in [0.15, 0.2) is 76.1 Å². The lowest BCUT2D eigenvalue weighted by Crippen LogP contribution is -2.07. The number of hydrogen-bond donors (Lipinski definition) is 0. The Balaban J connectivity index is 1.71. The Bertz CT molecular complexity index is 1090. The van der Waals surface area contributed by atoms with Crippen molar-refractivity contribution in [3.8, 4) is 5.75 Å². The second-order valence-corrected chi connectivity index (χ2v) is 7.53. The molecule has 4 heterocycles. The molecule has 2 aromatic heterocycles. The van der Waals surface area contributed by atoms with Crippen LogP contribution in [0, 0.1) is 0 Å². The number of nitrogens with zero attached hydrogens (tertiary/aromatic N) is 1. The van der Waals surface area contributed by atoms with E-state index in [9.17, 15) is 4.79 Å². The number of aliphatic imine (C=N–C) groups is 1. The van der Waals surface area contributed by atoms with Crippen LogP contribution < -0.4 is 4.74 Å². The van der Waals surface area contributed by atoms with E-state index >= 15 is 0 Å². The van der Waals surface area contributed by atoms with Crippen LogP contribution in [0.1, 0.15) is 15.3 Å². The van der Waals surface area contributed by atoms with Crippen molar-refractivity contribution in [1.82, 2.24) is 0 Å². The number of cyclic esters (lactones) is 1. The molecule has 0 radical (unpaired) electrons. The van der Waals surface area contributed by atoms with E-state index in [1.165, 1.54) is 11.3 Å². The van der Waals surface area contributed by atoms with Crippen LogP contribution in [0.2, 0.25) is 0 Å². The van der Waals surface area contributed by atoms with Gasteiger partial charge in [0.1, 0.15) is 11.5 Å². The molecule has 0 aliphatic carbocycles. The van der Waals surface area contributed by atoms with Crippen LogP contribution >= 0.6 is 22.7 Å². The van der Waals surface area contributed by atoms with Gasteiger partial charge < -0.3 is 9.47 Å².